The highest BCUT2D eigenvalue weighted by atomic mass is 79.9. The Hall–Kier alpha value is -1.27. The molecule has 0 saturated carbocycles. The van der Waals surface area contributed by atoms with Crippen molar-refractivity contribution in [1.29, 1.82) is 0 Å². The summed E-state index contributed by atoms with van der Waals surface area (Å²) in [5.41, 5.74) is 0.477. The normalized spacial score (nSPS) is 11.7. The van der Waals surface area contributed by atoms with Crippen LogP contribution in [0.3, 0.4) is 0 Å². The molecule has 5 nitrogen and oxygen atoms in total. The summed E-state index contributed by atoms with van der Waals surface area (Å²) in [5, 5.41) is 14.4. The lowest BCUT2D eigenvalue weighted by molar-refractivity contribution is -0.139. The first-order valence-corrected chi connectivity index (χ1v) is 6.87. The summed E-state index contributed by atoms with van der Waals surface area (Å²) in [5.74, 6) is -1.05. The van der Waals surface area contributed by atoms with Gasteiger partial charge in [0.15, 0.2) is 0 Å². The molecule has 1 aromatic carbocycles. The minimum absolute atomic E-state index is 0.374. The van der Waals surface area contributed by atoms with Gasteiger partial charge in [-0.15, -0.1) is 0 Å². The lowest BCUT2D eigenvalue weighted by Gasteiger charge is -2.15. The van der Waals surface area contributed by atoms with Crippen molar-refractivity contribution >= 4 is 45.2 Å². The predicted molar refractivity (Wildman–Crippen MR) is 77.6 cm³/mol. The molecule has 0 bridgehead atoms. The number of aliphatic carboxylic acids is 1. The van der Waals surface area contributed by atoms with Crippen LogP contribution in [0.25, 0.3) is 0 Å². The molecule has 0 heterocycles. The predicted octanol–water partition coefficient (Wildman–Crippen LogP) is 3.48. The van der Waals surface area contributed by atoms with Crippen LogP contribution in [0.4, 0.5) is 10.5 Å². The Bertz CT molecular complexity index is 482. The first-order chi connectivity index (χ1) is 8.95. The molecule has 0 spiro atoms. The Morgan fingerprint density at radius 3 is 2.74 bits per heavy atom. The Morgan fingerprint density at radius 1 is 1.47 bits per heavy atom. The number of halogens is 2. The second-order valence-electron chi connectivity index (χ2n) is 3.88. The number of hydrogen-bond acceptors (Lipinski definition) is 2. The molecule has 1 aromatic rings. The van der Waals surface area contributed by atoms with Crippen molar-refractivity contribution in [3.8, 4) is 0 Å². The number of rotatable bonds is 5. The zero-order valence-electron chi connectivity index (χ0n) is 10.2. The average Bonchev–Trinajstić information content (AvgIpc) is 2.34. The van der Waals surface area contributed by atoms with Crippen molar-refractivity contribution in [2.24, 2.45) is 0 Å². The fourth-order valence-electron chi connectivity index (χ4n) is 1.46. The van der Waals surface area contributed by atoms with Crippen LogP contribution in [-0.4, -0.2) is 23.1 Å². The summed E-state index contributed by atoms with van der Waals surface area (Å²) in [6.07, 6.45) is 1.04. The standard InChI is InChI=1S/C12H14BrClN2O3/c1-2-4-9(11(17)18)16-12(19)15-8-6-3-5-7(14)10(8)13/h3,5-6,9H,2,4H2,1H3,(H,17,18)(H2,15,16,19). The van der Waals surface area contributed by atoms with Gasteiger partial charge in [-0.3, -0.25) is 0 Å². The first-order valence-electron chi connectivity index (χ1n) is 5.70. The highest BCUT2D eigenvalue weighted by Gasteiger charge is 2.19. The van der Waals surface area contributed by atoms with Gasteiger partial charge in [-0.25, -0.2) is 9.59 Å². The summed E-state index contributed by atoms with van der Waals surface area (Å²) >= 11 is 9.13. The monoisotopic (exact) mass is 348 g/mol. The van der Waals surface area contributed by atoms with Crippen molar-refractivity contribution in [3.63, 3.8) is 0 Å². The summed E-state index contributed by atoms with van der Waals surface area (Å²) in [7, 11) is 0. The molecule has 0 radical (unpaired) electrons. The summed E-state index contributed by atoms with van der Waals surface area (Å²) in [6.45, 7) is 1.85. The third-order valence-corrected chi connectivity index (χ3v) is 3.78. The molecular formula is C12H14BrClN2O3. The molecule has 0 saturated heterocycles. The molecule has 0 aliphatic heterocycles. The highest BCUT2D eigenvalue weighted by Crippen LogP contribution is 2.29. The third-order valence-electron chi connectivity index (χ3n) is 2.38. The summed E-state index contributed by atoms with van der Waals surface area (Å²) in [4.78, 5) is 22.6. The Labute approximate surface area is 124 Å². The molecule has 19 heavy (non-hydrogen) atoms. The fraction of sp³-hybridized carbons (Fsp3) is 0.333. The van der Waals surface area contributed by atoms with Crippen LogP contribution in [-0.2, 0) is 4.79 Å². The van der Waals surface area contributed by atoms with E-state index in [1.54, 1.807) is 18.2 Å². The zero-order valence-corrected chi connectivity index (χ0v) is 12.6. The van der Waals surface area contributed by atoms with E-state index in [1.807, 2.05) is 6.92 Å². The number of amides is 2. The van der Waals surface area contributed by atoms with E-state index in [-0.39, 0.29) is 0 Å². The molecule has 7 heteroatoms. The van der Waals surface area contributed by atoms with Gasteiger partial charge in [-0.1, -0.05) is 31.0 Å². The lowest BCUT2D eigenvalue weighted by Crippen LogP contribution is -2.42. The summed E-state index contributed by atoms with van der Waals surface area (Å²) in [6, 6.07) is 3.53. The minimum atomic E-state index is -1.05. The van der Waals surface area contributed by atoms with Crippen molar-refractivity contribution < 1.29 is 14.7 Å². The maximum Gasteiger partial charge on any atom is 0.326 e. The number of anilines is 1. The molecule has 1 atom stereocenters. The van der Waals surface area contributed by atoms with Crippen LogP contribution < -0.4 is 10.6 Å². The van der Waals surface area contributed by atoms with Crippen molar-refractivity contribution in [1.82, 2.24) is 5.32 Å². The molecule has 3 N–H and O–H groups in total. The Balaban J connectivity index is 2.69. The van der Waals surface area contributed by atoms with E-state index in [9.17, 15) is 9.59 Å². The zero-order chi connectivity index (χ0) is 14.4. The minimum Gasteiger partial charge on any atom is -0.480 e. The van der Waals surface area contributed by atoms with Gasteiger partial charge >= 0.3 is 12.0 Å². The second kappa shape index (κ2) is 7.35. The van der Waals surface area contributed by atoms with E-state index in [4.69, 9.17) is 16.7 Å². The van der Waals surface area contributed by atoms with Crippen molar-refractivity contribution in [3.05, 3.63) is 27.7 Å². The number of carbonyl (C=O) groups excluding carboxylic acids is 1. The van der Waals surface area contributed by atoms with E-state index in [0.717, 1.165) is 0 Å². The van der Waals surface area contributed by atoms with E-state index in [1.165, 1.54) is 0 Å². The number of carbonyl (C=O) groups is 2. The molecule has 0 aromatic heterocycles. The van der Waals surface area contributed by atoms with Gasteiger partial charge in [0.1, 0.15) is 6.04 Å². The van der Waals surface area contributed by atoms with Gasteiger partial charge in [0.2, 0.25) is 0 Å². The smallest absolute Gasteiger partial charge is 0.326 e. The van der Waals surface area contributed by atoms with Crippen LogP contribution in [0.5, 0.6) is 0 Å². The van der Waals surface area contributed by atoms with Crippen LogP contribution >= 0.6 is 27.5 Å². The molecule has 0 aliphatic rings. The van der Waals surface area contributed by atoms with Crippen molar-refractivity contribution in [2.45, 2.75) is 25.8 Å². The maximum atomic E-state index is 11.7. The fourth-order valence-corrected chi connectivity index (χ4v) is 2.00. The lowest BCUT2D eigenvalue weighted by atomic mass is 10.2. The molecule has 1 rings (SSSR count). The topological polar surface area (TPSA) is 78.4 Å². The first kappa shape index (κ1) is 15.8. The number of benzene rings is 1. The SMILES string of the molecule is CCCC(NC(=O)Nc1cccc(Cl)c1Br)C(=O)O. The number of urea groups is 1. The number of hydrogen-bond donors (Lipinski definition) is 3. The third kappa shape index (κ3) is 4.72. The average molecular weight is 350 g/mol. The molecular weight excluding hydrogens is 336 g/mol. The number of carboxylic acid groups (broad SMARTS) is 1. The number of nitrogens with one attached hydrogen (secondary N) is 2. The van der Waals surface area contributed by atoms with Crippen molar-refractivity contribution in [2.75, 3.05) is 5.32 Å². The van der Waals surface area contributed by atoms with E-state index >= 15 is 0 Å². The molecule has 2 amide bonds. The van der Waals surface area contributed by atoms with E-state index in [0.29, 0.717) is 28.0 Å². The van der Waals surface area contributed by atoms with Crippen LogP contribution in [0.15, 0.2) is 22.7 Å². The van der Waals surface area contributed by atoms with Gasteiger partial charge in [0, 0.05) is 0 Å². The second-order valence-corrected chi connectivity index (χ2v) is 5.08. The van der Waals surface area contributed by atoms with E-state index < -0.39 is 18.0 Å². The van der Waals surface area contributed by atoms with Crippen LogP contribution in [0, 0.1) is 0 Å². The largest absolute Gasteiger partial charge is 0.480 e. The summed E-state index contributed by atoms with van der Waals surface area (Å²) < 4.78 is 0.550. The van der Waals surface area contributed by atoms with Gasteiger partial charge in [0.05, 0.1) is 15.2 Å². The quantitative estimate of drug-likeness (QED) is 0.761. The molecule has 104 valence electrons. The Morgan fingerprint density at radius 2 is 2.16 bits per heavy atom. The Kier molecular flexibility index (Phi) is 6.11. The molecule has 0 aliphatic carbocycles. The molecule has 0 fully saturated rings. The van der Waals surface area contributed by atoms with Crippen LogP contribution in [0.2, 0.25) is 5.02 Å². The molecule has 1 unspecified atom stereocenters. The van der Waals surface area contributed by atoms with E-state index in [2.05, 4.69) is 26.6 Å². The van der Waals surface area contributed by atoms with Gasteiger partial charge < -0.3 is 15.7 Å². The van der Waals surface area contributed by atoms with Crippen LogP contribution in [0.1, 0.15) is 19.8 Å². The van der Waals surface area contributed by atoms with Gasteiger partial charge in [-0.2, -0.15) is 0 Å². The number of carboxylic acids is 1. The van der Waals surface area contributed by atoms with Gasteiger partial charge in [-0.05, 0) is 34.5 Å². The highest BCUT2D eigenvalue weighted by molar-refractivity contribution is 9.10. The van der Waals surface area contributed by atoms with Gasteiger partial charge in [0.25, 0.3) is 0 Å². The maximum absolute atomic E-state index is 11.7.